The maximum atomic E-state index is 12.7. The summed E-state index contributed by atoms with van der Waals surface area (Å²) in [5, 5.41) is 4.38. The number of aromatic amines is 1. The smallest absolute Gasteiger partial charge is 0.261 e. The number of nitrogens with one attached hydrogen (secondary N) is 2. The number of rotatable bonds is 5. The van der Waals surface area contributed by atoms with Crippen molar-refractivity contribution in [3.63, 3.8) is 0 Å². The van der Waals surface area contributed by atoms with Gasteiger partial charge in [0.05, 0.1) is 24.5 Å². The van der Waals surface area contributed by atoms with E-state index in [9.17, 15) is 9.59 Å². The molecule has 0 aliphatic carbocycles. The molecule has 4 aromatic rings. The van der Waals surface area contributed by atoms with Gasteiger partial charge in [-0.15, -0.1) is 11.3 Å². The lowest BCUT2D eigenvalue weighted by Gasteiger charge is -2.11. The predicted octanol–water partition coefficient (Wildman–Crippen LogP) is 4.00. The van der Waals surface area contributed by atoms with Gasteiger partial charge in [-0.1, -0.05) is 11.6 Å². The van der Waals surface area contributed by atoms with Crippen LogP contribution in [0.2, 0.25) is 0 Å². The third-order valence-electron chi connectivity index (χ3n) is 4.80. The lowest BCUT2D eigenvalue weighted by atomic mass is 10.1. The first-order chi connectivity index (χ1) is 14.0. The Kier molecular flexibility index (Phi) is 4.98. The standard InChI is InChI=1S/C22H20N2O4S/c1-12-4-7-17-15(8-12)20-16(21(25)24-17)10-19(29-20)22(26)23-11-13-5-6-14(27-2)9-18(13)28-3/h4-10H,11H2,1-3H3,(H,23,26)(H,24,25). The van der Waals surface area contributed by atoms with Crippen molar-refractivity contribution < 1.29 is 14.3 Å². The van der Waals surface area contributed by atoms with Crippen molar-refractivity contribution in [2.24, 2.45) is 0 Å². The quantitative estimate of drug-likeness (QED) is 0.523. The number of fused-ring (bicyclic) bond motifs is 3. The molecule has 0 unspecified atom stereocenters. The van der Waals surface area contributed by atoms with Crippen LogP contribution < -0.4 is 20.3 Å². The number of carbonyl (C=O) groups is 1. The Morgan fingerprint density at radius 1 is 1.07 bits per heavy atom. The number of pyridine rings is 1. The highest BCUT2D eigenvalue weighted by Crippen LogP contribution is 2.30. The molecule has 0 bridgehead atoms. The normalized spacial score (nSPS) is 11.0. The maximum Gasteiger partial charge on any atom is 0.261 e. The number of amides is 1. The Hall–Kier alpha value is -3.32. The predicted molar refractivity (Wildman–Crippen MR) is 115 cm³/mol. The molecule has 2 aromatic heterocycles. The summed E-state index contributed by atoms with van der Waals surface area (Å²) in [7, 11) is 3.16. The Labute approximate surface area is 171 Å². The number of benzene rings is 2. The van der Waals surface area contributed by atoms with E-state index in [1.54, 1.807) is 26.4 Å². The molecular weight excluding hydrogens is 388 g/mol. The molecule has 1 amide bonds. The summed E-state index contributed by atoms with van der Waals surface area (Å²) in [5.41, 5.74) is 2.51. The number of H-pyrrole nitrogens is 1. The largest absolute Gasteiger partial charge is 0.497 e. The Morgan fingerprint density at radius 2 is 1.90 bits per heavy atom. The minimum absolute atomic E-state index is 0.191. The number of carbonyl (C=O) groups excluding carboxylic acids is 1. The number of ether oxygens (including phenoxy) is 2. The van der Waals surface area contributed by atoms with E-state index in [2.05, 4.69) is 10.3 Å². The van der Waals surface area contributed by atoms with Gasteiger partial charge in [0.1, 0.15) is 11.5 Å². The number of aromatic nitrogens is 1. The van der Waals surface area contributed by atoms with Crippen LogP contribution in [0.3, 0.4) is 0 Å². The Balaban J connectivity index is 1.64. The lowest BCUT2D eigenvalue weighted by molar-refractivity contribution is 0.0955. The van der Waals surface area contributed by atoms with Crippen LogP contribution in [0.1, 0.15) is 20.8 Å². The third-order valence-corrected chi connectivity index (χ3v) is 5.97. The van der Waals surface area contributed by atoms with Gasteiger partial charge in [0.25, 0.3) is 11.5 Å². The van der Waals surface area contributed by atoms with E-state index in [0.717, 1.165) is 26.7 Å². The maximum absolute atomic E-state index is 12.7. The molecule has 0 atom stereocenters. The zero-order valence-electron chi connectivity index (χ0n) is 16.3. The average molecular weight is 408 g/mol. The van der Waals surface area contributed by atoms with Gasteiger partial charge in [0, 0.05) is 33.8 Å². The van der Waals surface area contributed by atoms with Gasteiger partial charge in [-0.05, 0) is 37.3 Å². The van der Waals surface area contributed by atoms with Crippen LogP contribution in [0.15, 0.2) is 47.3 Å². The summed E-state index contributed by atoms with van der Waals surface area (Å²) in [4.78, 5) is 28.6. The van der Waals surface area contributed by atoms with Crippen LogP contribution in [0, 0.1) is 6.92 Å². The van der Waals surface area contributed by atoms with E-state index in [1.165, 1.54) is 11.3 Å². The fraction of sp³-hybridized carbons (Fsp3) is 0.182. The highest BCUT2D eigenvalue weighted by molar-refractivity contribution is 7.21. The Bertz CT molecular complexity index is 1290. The van der Waals surface area contributed by atoms with Crippen LogP contribution in [0.4, 0.5) is 0 Å². The topological polar surface area (TPSA) is 80.4 Å². The van der Waals surface area contributed by atoms with E-state index in [4.69, 9.17) is 9.47 Å². The zero-order valence-corrected chi connectivity index (χ0v) is 17.1. The van der Waals surface area contributed by atoms with Gasteiger partial charge in [0.15, 0.2) is 0 Å². The van der Waals surface area contributed by atoms with E-state index in [-0.39, 0.29) is 11.5 Å². The van der Waals surface area contributed by atoms with E-state index >= 15 is 0 Å². The molecule has 0 aliphatic rings. The van der Waals surface area contributed by atoms with E-state index in [0.29, 0.717) is 28.3 Å². The van der Waals surface area contributed by atoms with Crippen LogP contribution in [0.25, 0.3) is 21.0 Å². The number of aryl methyl sites for hydroxylation is 1. The van der Waals surface area contributed by atoms with Crippen molar-refractivity contribution >= 4 is 38.2 Å². The second-order valence-corrected chi connectivity index (χ2v) is 7.77. The van der Waals surface area contributed by atoms with Crippen molar-refractivity contribution in [3.8, 4) is 11.5 Å². The molecule has 0 fully saturated rings. The molecule has 2 aromatic carbocycles. The minimum Gasteiger partial charge on any atom is -0.497 e. The second kappa shape index (κ2) is 7.60. The first-order valence-corrected chi connectivity index (χ1v) is 9.87. The molecule has 29 heavy (non-hydrogen) atoms. The second-order valence-electron chi connectivity index (χ2n) is 6.72. The molecule has 0 radical (unpaired) electrons. The highest BCUT2D eigenvalue weighted by Gasteiger charge is 2.15. The summed E-state index contributed by atoms with van der Waals surface area (Å²) in [6.07, 6.45) is 0. The summed E-state index contributed by atoms with van der Waals surface area (Å²) >= 11 is 1.33. The fourth-order valence-electron chi connectivity index (χ4n) is 3.28. The summed E-state index contributed by atoms with van der Waals surface area (Å²) in [6.45, 7) is 2.30. The molecule has 0 aliphatic heterocycles. The molecule has 4 rings (SSSR count). The summed E-state index contributed by atoms with van der Waals surface area (Å²) in [6, 6.07) is 13.0. The van der Waals surface area contributed by atoms with Gasteiger partial charge in [0.2, 0.25) is 0 Å². The minimum atomic E-state index is -0.232. The summed E-state index contributed by atoms with van der Waals surface area (Å²) < 4.78 is 11.4. The molecular formula is C22H20N2O4S. The molecule has 2 N–H and O–H groups in total. The molecule has 7 heteroatoms. The van der Waals surface area contributed by atoms with Crippen molar-refractivity contribution in [1.29, 1.82) is 0 Å². The van der Waals surface area contributed by atoms with Crippen LogP contribution in [0.5, 0.6) is 11.5 Å². The Morgan fingerprint density at radius 3 is 2.66 bits per heavy atom. The van der Waals surface area contributed by atoms with Gasteiger partial charge in [-0.25, -0.2) is 0 Å². The number of methoxy groups -OCH3 is 2. The molecule has 0 spiro atoms. The van der Waals surface area contributed by atoms with Crippen LogP contribution >= 0.6 is 11.3 Å². The van der Waals surface area contributed by atoms with Crippen LogP contribution in [-0.2, 0) is 6.54 Å². The summed E-state index contributed by atoms with van der Waals surface area (Å²) in [5.74, 6) is 1.09. The van der Waals surface area contributed by atoms with E-state index < -0.39 is 0 Å². The fourth-order valence-corrected chi connectivity index (χ4v) is 4.38. The van der Waals surface area contributed by atoms with E-state index in [1.807, 2.05) is 37.3 Å². The van der Waals surface area contributed by atoms with Crippen LogP contribution in [-0.4, -0.2) is 25.1 Å². The highest BCUT2D eigenvalue weighted by atomic mass is 32.1. The third kappa shape index (κ3) is 3.56. The van der Waals surface area contributed by atoms with Gasteiger partial charge in [-0.2, -0.15) is 0 Å². The molecule has 2 heterocycles. The van der Waals surface area contributed by atoms with Crippen molar-refractivity contribution in [2.45, 2.75) is 13.5 Å². The zero-order chi connectivity index (χ0) is 20.5. The average Bonchev–Trinajstić information content (AvgIpc) is 3.19. The first-order valence-electron chi connectivity index (χ1n) is 9.05. The number of hydrogen-bond donors (Lipinski definition) is 2. The lowest BCUT2D eigenvalue weighted by Crippen LogP contribution is -2.22. The monoisotopic (exact) mass is 408 g/mol. The number of hydrogen-bond acceptors (Lipinski definition) is 5. The van der Waals surface area contributed by atoms with Gasteiger partial charge >= 0.3 is 0 Å². The molecule has 0 saturated heterocycles. The molecule has 6 nitrogen and oxygen atoms in total. The van der Waals surface area contributed by atoms with Crippen molar-refractivity contribution in [1.82, 2.24) is 10.3 Å². The molecule has 0 saturated carbocycles. The number of thiophene rings is 1. The van der Waals surface area contributed by atoms with Crippen molar-refractivity contribution in [3.05, 3.63) is 68.8 Å². The SMILES string of the molecule is COc1ccc(CNC(=O)c2cc3c(=O)[nH]c4ccc(C)cc4c3s2)c(OC)c1. The van der Waals surface area contributed by atoms with Crippen molar-refractivity contribution in [2.75, 3.05) is 14.2 Å². The van der Waals surface area contributed by atoms with Gasteiger partial charge < -0.3 is 19.8 Å². The molecule has 148 valence electrons. The first kappa shape index (κ1) is 19.0. The van der Waals surface area contributed by atoms with Gasteiger partial charge in [-0.3, -0.25) is 9.59 Å².